The summed E-state index contributed by atoms with van der Waals surface area (Å²) in [5.41, 5.74) is 0. The highest BCUT2D eigenvalue weighted by molar-refractivity contribution is 5.60. The lowest BCUT2D eigenvalue weighted by Gasteiger charge is -2.19. The Hall–Kier alpha value is -0.570. The molecule has 0 rings (SSSR count). The minimum Gasteiger partial charge on any atom is -0.550 e. The molecule has 122 valence electrons. The van der Waals surface area contributed by atoms with Gasteiger partial charge in [0.15, 0.2) is 0 Å². The minimum absolute atomic E-state index is 0.972. The third-order valence-corrected chi connectivity index (χ3v) is 3.40. The molecule has 0 aromatic carbocycles. The smallest absolute Gasteiger partial charge is 0.0770 e. The van der Waals surface area contributed by atoms with Crippen LogP contribution in [-0.4, -0.2) is 25.6 Å². The van der Waals surface area contributed by atoms with Gasteiger partial charge >= 0.3 is 0 Å². The summed E-state index contributed by atoms with van der Waals surface area (Å²) in [6, 6.07) is 0. The first-order valence-electron chi connectivity index (χ1n) is 8.59. The molecular weight excluding hydrogens is 250 g/mol. The quantitative estimate of drug-likeness (QED) is 0.559. The van der Waals surface area contributed by atoms with E-state index in [1.54, 1.807) is 0 Å². The number of quaternary nitrogens is 1. The lowest BCUT2D eigenvalue weighted by Crippen LogP contribution is -3.12. The monoisotopic (exact) mass is 287 g/mol. The molecule has 0 unspecified atom stereocenters. The third-order valence-electron chi connectivity index (χ3n) is 3.40. The predicted molar refractivity (Wildman–Crippen MR) is 84.8 cm³/mol. The van der Waals surface area contributed by atoms with Gasteiger partial charge in [-0.1, -0.05) is 40.0 Å². The number of aliphatic carboxylic acids is 1. The highest BCUT2D eigenvalue weighted by atomic mass is 16.4. The summed E-state index contributed by atoms with van der Waals surface area (Å²) in [4.78, 5) is 10.8. The number of unbranched alkanes of at least 4 members (excludes halogenated alkanes) is 6. The number of carbonyl (C=O) groups excluding carboxylic acids is 1. The van der Waals surface area contributed by atoms with Crippen molar-refractivity contribution in [2.24, 2.45) is 0 Å². The van der Waals surface area contributed by atoms with E-state index in [-0.39, 0.29) is 0 Å². The van der Waals surface area contributed by atoms with Gasteiger partial charge in [0, 0.05) is 5.97 Å². The number of carboxylic acid groups (broad SMARTS) is 1. The number of hydrogen-bond acceptors (Lipinski definition) is 2. The van der Waals surface area contributed by atoms with E-state index in [2.05, 4.69) is 20.8 Å². The zero-order valence-corrected chi connectivity index (χ0v) is 14.3. The van der Waals surface area contributed by atoms with Crippen LogP contribution in [0.2, 0.25) is 0 Å². The molecule has 3 nitrogen and oxygen atoms in total. The third kappa shape index (κ3) is 22.6. The SMILES string of the molecule is CC(=O)[O-].CCCCC[NH+](CCCCC)CCCCC. The van der Waals surface area contributed by atoms with Gasteiger partial charge in [-0.3, -0.25) is 0 Å². The van der Waals surface area contributed by atoms with Crippen molar-refractivity contribution in [3.8, 4) is 0 Å². The summed E-state index contributed by atoms with van der Waals surface area (Å²) in [6.07, 6.45) is 12.6. The summed E-state index contributed by atoms with van der Waals surface area (Å²) >= 11 is 0. The Bertz CT molecular complexity index is 168. The molecule has 0 spiro atoms. The first-order valence-corrected chi connectivity index (χ1v) is 8.59. The van der Waals surface area contributed by atoms with Gasteiger partial charge in [0.25, 0.3) is 0 Å². The minimum atomic E-state index is -1.08. The fourth-order valence-corrected chi connectivity index (χ4v) is 2.25. The Kier molecular flexibility index (Phi) is 20.0. The molecule has 0 saturated carbocycles. The van der Waals surface area contributed by atoms with E-state index >= 15 is 0 Å². The van der Waals surface area contributed by atoms with Crippen molar-refractivity contribution in [3.63, 3.8) is 0 Å². The van der Waals surface area contributed by atoms with Crippen molar-refractivity contribution in [1.82, 2.24) is 0 Å². The Labute approximate surface area is 126 Å². The first-order chi connectivity index (χ1) is 9.58. The molecule has 0 saturated heterocycles. The number of nitrogens with one attached hydrogen (secondary N) is 1. The first kappa shape index (κ1) is 21.7. The van der Waals surface area contributed by atoms with Gasteiger partial charge in [-0.15, -0.1) is 0 Å². The molecule has 0 aromatic rings. The van der Waals surface area contributed by atoms with Crippen LogP contribution in [0.1, 0.15) is 85.5 Å². The lowest BCUT2D eigenvalue weighted by atomic mass is 10.2. The number of carbonyl (C=O) groups is 1. The topological polar surface area (TPSA) is 44.6 Å². The van der Waals surface area contributed by atoms with Gasteiger partial charge in [0.1, 0.15) is 0 Å². The predicted octanol–water partition coefficient (Wildman–Crippen LogP) is 2.20. The fourth-order valence-electron chi connectivity index (χ4n) is 2.25. The number of hydrogen-bond donors (Lipinski definition) is 1. The molecule has 1 N–H and O–H groups in total. The van der Waals surface area contributed by atoms with Crippen LogP contribution >= 0.6 is 0 Å². The van der Waals surface area contributed by atoms with E-state index in [9.17, 15) is 0 Å². The second-order valence-electron chi connectivity index (χ2n) is 5.61. The molecule has 3 heteroatoms. The molecule has 0 aliphatic heterocycles. The van der Waals surface area contributed by atoms with Crippen LogP contribution in [0.3, 0.4) is 0 Å². The van der Waals surface area contributed by atoms with Gasteiger partial charge in [-0.05, 0) is 45.4 Å². The molecule has 0 atom stereocenters. The van der Waals surface area contributed by atoms with Crippen molar-refractivity contribution in [2.75, 3.05) is 19.6 Å². The second kappa shape index (κ2) is 18.4. The summed E-state index contributed by atoms with van der Waals surface area (Å²) in [7, 11) is 0. The molecule has 20 heavy (non-hydrogen) atoms. The van der Waals surface area contributed by atoms with E-state index in [1.165, 1.54) is 77.4 Å². The zero-order chi connectivity index (χ0) is 15.6. The van der Waals surface area contributed by atoms with E-state index in [0.717, 1.165) is 6.92 Å². The molecule has 0 fully saturated rings. The van der Waals surface area contributed by atoms with Crippen LogP contribution < -0.4 is 10.0 Å². The fraction of sp³-hybridized carbons (Fsp3) is 0.941. The van der Waals surface area contributed by atoms with E-state index in [4.69, 9.17) is 9.90 Å². The lowest BCUT2D eigenvalue weighted by molar-refractivity contribution is -0.900. The van der Waals surface area contributed by atoms with E-state index < -0.39 is 5.97 Å². The molecule has 0 radical (unpaired) electrons. The van der Waals surface area contributed by atoms with Crippen molar-refractivity contribution >= 4 is 5.97 Å². The van der Waals surface area contributed by atoms with Crippen molar-refractivity contribution in [3.05, 3.63) is 0 Å². The standard InChI is InChI=1S/C15H33N.C2H4O2/c1-4-7-10-13-16(14-11-8-5-2)15-12-9-6-3;1-2(3)4/h4-15H2,1-3H3;1H3,(H,3,4). The average molecular weight is 287 g/mol. The van der Waals surface area contributed by atoms with Gasteiger partial charge in [-0.25, -0.2) is 0 Å². The average Bonchev–Trinajstić information content (AvgIpc) is 2.38. The van der Waals surface area contributed by atoms with E-state index in [1.807, 2.05) is 4.90 Å². The molecule has 0 bridgehead atoms. The van der Waals surface area contributed by atoms with Crippen LogP contribution in [-0.2, 0) is 4.79 Å². The molecule has 0 aromatic heterocycles. The Morgan fingerprint density at radius 1 is 0.750 bits per heavy atom. The number of rotatable bonds is 12. The molecular formula is C17H37NO2. The van der Waals surface area contributed by atoms with Gasteiger partial charge in [0.2, 0.25) is 0 Å². The summed E-state index contributed by atoms with van der Waals surface area (Å²) in [6.45, 7) is 12.1. The van der Waals surface area contributed by atoms with Crippen LogP contribution in [0.4, 0.5) is 0 Å². The highest BCUT2D eigenvalue weighted by Crippen LogP contribution is 1.94. The Morgan fingerprint density at radius 3 is 1.20 bits per heavy atom. The normalized spacial score (nSPS) is 10.2. The van der Waals surface area contributed by atoms with Crippen molar-refractivity contribution in [1.29, 1.82) is 0 Å². The second-order valence-corrected chi connectivity index (χ2v) is 5.61. The summed E-state index contributed by atoms with van der Waals surface area (Å²) in [5.74, 6) is -1.08. The van der Waals surface area contributed by atoms with Crippen LogP contribution in [0.5, 0.6) is 0 Å². The maximum atomic E-state index is 8.89. The largest absolute Gasteiger partial charge is 0.550 e. The molecule has 0 amide bonds. The Morgan fingerprint density at radius 2 is 1.00 bits per heavy atom. The Balaban J connectivity index is 0. The summed E-state index contributed by atoms with van der Waals surface area (Å²) < 4.78 is 0. The number of carboxylic acids is 1. The van der Waals surface area contributed by atoms with Crippen LogP contribution in [0.25, 0.3) is 0 Å². The van der Waals surface area contributed by atoms with Gasteiger partial charge in [-0.2, -0.15) is 0 Å². The maximum absolute atomic E-state index is 8.89. The molecule has 0 aliphatic rings. The van der Waals surface area contributed by atoms with Crippen LogP contribution in [0, 0.1) is 0 Å². The van der Waals surface area contributed by atoms with Crippen molar-refractivity contribution < 1.29 is 14.8 Å². The molecule has 0 heterocycles. The highest BCUT2D eigenvalue weighted by Gasteiger charge is 2.06. The van der Waals surface area contributed by atoms with Gasteiger partial charge in [0.05, 0.1) is 19.6 Å². The van der Waals surface area contributed by atoms with Gasteiger partial charge < -0.3 is 14.8 Å². The van der Waals surface area contributed by atoms with Crippen LogP contribution in [0.15, 0.2) is 0 Å². The van der Waals surface area contributed by atoms with Crippen molar-refractivity contribution in [2.45, 2.75) is 85.5 Å². The molecule has 0 aliphatic carbocycles. The van der Waals surface area contributed by atoms with E-state index in [0.29, 0.717) is 0 Å². The summed E-state index contributed by atoms with van der Waals surface area (Å²) in [5, 5.41) is 8.89. The zero-order valence-electron chi connectivity index (χ0n) is 14.3. The maximum Gasteiger partial charge on any atom is 0.0770 e.